The van der Waals surface area contributed by atoms with Crippen LogP contribution in [0.25, 0.3) is 0 Å². The highest BCUT2D eigenvalue weighted by Gasteiger charge is 2.11. The molecule has 4 nitrogen and oxygen atoms in total. The van der Waals surface area contributed by atoms with Gasteiger partial charge in [-0.1, -0.05) is 6.07 Å². The van der Waals surface area contributed by atoms with Crippen molar-refractivity contribution in [2.24, 2.45) is 5.73 Å². The highest BCUT2D eigenvalue weighted by Crippen LogP contribution is 2.21. The summed E-state index contributed by atoms with van der Waals surface area (Å²) in [5.41, 5.74) is 10.8. The largest absolute Gasteiger partial charge is 0.395 e. The predicted octanol–water partition coefficient (Wildman–Crippen LogP) is 0.694. The number of amides is 1. The zero-order valence-corrected chi connectivity index (χ0v) is 7.75. The van der Waals surface area contributed by atoms with E-state index < -0.39 is 17.8 Å². The molecule has 0 saturated heterocycles. The number of nitrogens with two attached hydrogens (primary N) is 2. The van der Waals surface area contributed by atoms with E-state index in [4.69, 9.17) is 11.5 Å². The van der Waals surface area contributed by atoms with Crippen LogP contribution in [-0.2, 0) is 4.79 Å². The molecular weight excluding hydrogens is 185 g/mol. The normalized spacial score (nSPS) is 12.1. The van der Waals surface area contributed by atoms with Crippen LogP contribution in [0.4, 0.5) is 15.8 Å². The number of nitrogen functional groups attached to an aromatic ring is 1. The van der Waals surface area contributed by atoms with Crippen molar-refractivity contribution in [3.05, 3.63) is 24.0 Å². The summed E-state index contributed by atoms with van der Waals surface area (Å²) in [6.45, 7) is 1.58. The van der Waals surface area contributed by atoms with Crippen LogP contribution < -0.4 is 16.8 Å². The number of primary amides is 1. The van der Waals surface area contributed by atoms with Gasteiger partial charge in [0.15, 0.2) is 0 Å². The van der Waals surface area contributed by atoms with Crippen LogP contribution in [0.1, 0.15) is 6.92 Å². The second-order valence-electron chi connectivity index (χ2n) is 2.97. The fourth-order valence-electron chi connectivity index (χ4n) is 0.967. The van der Waals surface area contributed by atoms with Crippen molar-refractivity contribution in [2.75, 3.05) is 11.1 Å². The Morgan fingerprint density at radius 3 is 2.79 bits per heavy atom. The molecule has 0 aromatic heterocycles. The molecule has 0 spiro atoms. The number of carbonyl (C=O) groups is 1. The quantitative estimate of drug-likeness (QED) is 0.624. The van der Waals surface area contributed by atoms with Gasteiger partial charge in [-0.05, 0) is 19.1 Å². The molecule has 0 saturated carbocycles. The molecule has 1 atom stereocenters. The number of halogens is 1. The topological polar surface area (TPSA) is 81.1 Å². The van der Waals surface area contributed by atoms with Crippen LogP contribution in [0, 0.1) is 5.82 Å². The van der Waals surface area contributed by atoms with Crippen molar-refractivity contribution in [3.8, 4) is 0 Å². The maximum atomic E-state index is 12.9. The molecule has 0 aliphatic rings. The summed E-state index contributed by atoms with van der Waals surface area (Å²) in [7, 11) is 0. The minimum Gasteiger partial charge on any atom is -0.395 e. The van der Waals surface area contributed by atoms with Crippen LogP contribution in [0.2, 0.25) is 0 Å². The molecule has 0 radical (unpaired) electrons. The maximum absolute atomic E-state index is 12.9. The highest BCUT2D eigenvalue weighted by atomic mass is 19.1. The van der Waals surface area contributed by atoms with E-state index in [0.29, 0.717) is 5.69 Å². The van der Waals surface area contributed by atoms with Gasteiger partial charge in [-0.2, -0.15) is 0 Å². The van der Waals surface area contributed by atoms with Gasteiger partial charge in [-0.25, -0.2) is 4.39 Å². The third-order valence-corrected chi connectivity index (χ3v) is 1.85. The second-order valence-corrected chi connectivity index (χ2v) is 2.97. The van der Waals surface area contributed by atoms with E-state index in [0.717, 1.165) is 0 Å². The van der Waals surface area contributed by atoms with E-state index >= 15 is 0 Å². The summed E-state index contributed by atoms with van der Waals surface area (Å²) in [4.78, 5) is 10.7. The lowest BCUT2D eigenvalue weighted by Gasteiger charge is -2.13. The molecule has 1 unspecified atom stereocenters. The molecule has 0 fully saturated rings. The van der Waals surface area contributed by atoms with Gasteiger partial charge in [0.25, 0.3) is 0 Å². The lowest BCUT2D eigenvalue weighted by Crippen LogP contribution is -2.32. The Morgan fingerprint density at radius 2 is 2.21 bits per heavy atom. The van der Waals surface area contributed by atoms with Crippen molar-refractivity contribution in [2.45, 2.75) is 13.0 Å². The van der Waals surface area contributed by atoms with Gasteiger partial charge < -0.3 is 16.8 Å². The van der Waals surface area contributed by atoms with Gasteiger partial charge in [0.05, 0.1) is 11.4 Å². The first kappa shape index (κ1) is 10.3. The fraction of sp³-hybridized carbons (Fsp3) is 0.222. The zero-order valence-electron chi connectivity index (χ0n) is 7.75. The average Bonchev–Trinajstić information content (AvgIpc) is 2.12. The summed E-state index contributed by atoms with van der Waals surface area (Å²) in [5.74, 6) is -1.04. The zero-order chi connectivity index (χ0) is 10.7. The Kier molecular flexibility index (Phi) is 2.91. The van der Waals surface area contributed by atoms with E-state index in [1.165, 1.54) is 12.1 Å². The number of hydrogen-bond acceptors (Lipinski definition) is 3. The number of para-hydroxylation sites is 1. The number of hydrogen-bond donors (Lipinski definition) is 3. The first-order valence-electron chi connectivity index (χ1n) is 4.12. The molecule has 0 bridgehead atoms. The second kappa shape index (κ2) is 3.95. The Hall–Kier alpha value is -1.78. The molecule has 5 heteroatoms. The third-order valence-electron chi connectivity index (χ3n) is 1.85. The van der Waals surface area contributed by atoms with E-state index in [1.807, 2.05) is 0 Å². The van der Waals surface area contributed by atoms with Crippen LogP contribution in [0.5, 0.6) is 0 Å². The van der Waals surface area contributed by atoms with Gasteiger partial charge in [-0.15, -0.1) is 0 Å². The molecule has 1 aromatic rings. The fourth-order valence-corrected chi connectivity index (χ4v) is 0.967. The SMILES string of the molecule is CC(Nc1cccc(F)c1N)C(N)=O. The lowest BCUT2D eigenvalue weighted by atomic mass is 10.2. The van der Waals surface area contributed by atoms with Crippen LogP contribution >= 0.6 is 0 Å². The summed E-state index contributed by atoms with van der Waals surface area (Å²) >= 11 is 0. The van der Waals surface area contributed by atoms with Crippen LogP contribution in [0.15, 0.2) is 18.2 Å². The summed E-state index contributed by atoms with van der Waals surface area (Å²) in [6.07, 6.45) is 0. The predicted molar refractivity (Wildman–Crippen MR) is 53.1 cm³/mol. The summed E-state index contributed by atoms with van der Waals surface area (Å²) in [6, 6.07) is 3.74. The molecule has 0 heterocycles. The Morgan fingerprint density at radius 1 is 1.57 bits per heavy atom. The molecule has 14 heavy (non-hydrogen) atoms. The van der Waals surface area contributed by atoms with Gasteiger partial charge in [-0.3, -0.25) is 4.79 Å². The number of rotatable bonds is 3. The van der Waals surface area contributed by atoms with Crippen LogP contribution in [-0.4, -0.2) is 11.9 Å². The van der Waals surface area contributed by atoms with E-state index in [1.54, 1.807) is 13.0 Å². The Labute approximate surface area is 81.1 Å². The number of carbonyl (C=O) groups excluding carboxylic acids is 1. The molecule has 0 aliphatic heterocycles. The number of nitrogens with one attached hydrogen (secondary N) is 1. The standard InChI is InChI=1S/C9H12FN3O/c1-5(9(12)14)13-7-4-2-3-6(10)8(7)11/h2-5,13H,11H2,1H3,(H2,12,14). The molecular formula is C9H12FN3O. The van der Waals surface area contributed by atoms with Crippen molar-refractivity contribution in [1.82, 2.24) is 0 Å². The Balaban J connectivity index is 2.87. The van der Waals surface area contributed by atoms with Crippen molar-refractivity contribution in [3.63, 3.8) is 0 Å². The highest BCUT2D eigenvalue weighted by molar-refractivity contribution is 5.83. The third kappa shape index (κ3) is 2.12. The first-order valence-corrected chi connectivity index (χ1v) is 4.12. The Bertz CT molecular complexity index is 354. The van der Waals surface area contributed by atoms with Crippen molar-refractivity contribution >= 4 is 17.3 Å². The molecule has 1 aromatic carbocycles. The van der Waals surface area contributed by atoms with Gasteiger partial charge in [0, 0.05) is 0 Å². The maximum Gasteiger partial charge on any atom is 0.239 e. The van der Waals surface area contributed by atoms with Gasteiger partial charge >= 0.3 is 0 Å². The monoisotopic (exact) mass is 197 g/mol. The number of benzene rings is 1. The average molecular weight is 197 g/mol. The minimum absolute atomic E-state index is 0.0133. The van der Waals surface area contributed by atoms with Crippen molar-refractivity contribution < 1.29 is 9.18 Å². The van der Waals surface area contributed by atoms with E-state index in [2.05, 4.69) is 5.32 Å². The molecule has 1 amide bonds. The smallest absolute Gasteiger partial charge is 0.239 e. The van der Waals surface area contributed by atoms with Crippen molar-refractivity contribution in [1.29, 1.82) is 0 Å². The molecule has 0 aliphatic carbocycles. The summed E-state index contributed by atoms with van der Waals surface area (Å²) in [5, 5.41) is 2.71. The number of anilines is 2. The van der Waals surface area contributed by atoms with Crippen LogP contribution in [0.3, 0.4) is 0 Å². The lowest BCUT2D eigenvalue weighted by molar-refractivity contribution is -0.118. The van der Waals surface area contributed by atoms with Gasteiger partial charge in [0.2, 0.25) is 5.91 Å². The van der Waals surface area contributed by atoms with E-state index in [9.17, 15) is 9.18 Å². The summed E-state index contributed by atoms with van der Waals surface area (Å²) < 4.78 is 12.9. The molecule has 76 valence electrons. The molecule has 5 N–H and O–H groups in total. The first-order chi connectivity index (χ1) is 6.52. The van der Waals surface area contributed by atoms with E-state index in [-0.39, 0.29) is 5.69 Å². The minimum atomic E-state index is -0.584. The van der Waals surface area contributed by atoms with Gasteiger partial charge in [0.1, 0.15) is 11.9 Å². The molecule has 1 rings (SSSR count).